The van der Waals surface area contributed by atoms with Gasteiger partial charge in [0.15, 0.2) is 0 Å². The zero-order valence-electron chi connectivity index (χ0n) is 22.8. The molecule has 1 unspecified atom stereocenters. The van der Waals surface area contributed by atoms with E-state index in [9.17, 15) is 0 Å². The van der Waals surface area contributed by atoms with Gasteiger partial charge in [-0.3, -0.25) is 14.6 Å². The molecule has 0 bridgehead atoms. The first-order valence-electron chi connectivity index (χ1n) is 13.6. The smallest absolute Gasteiger partial charge is 0.298 e. The third-order valence-corrected chi connectivity index (χ3v) is 7.22. The summed E-state index contributed by atoms with van der Waals surface area (Å²) in [6, 6.07) is 46.7. The maximum absolute atomic E-state index is 5.27. The van der Waals surface area contributed by atoms with Crippen LogP contribution in [-0.2, 0) is 32.1 Å². The number of aromatic nitrogens is 4. The minimum atomic E-state index is -0.733. The molecule has 6 aromatic rings. The molecule has 3 aromatic carbocycles. The number of hydrogen-bond donors (Lipinski definition) is 0. The SMILES string of the molecule is Cc1cc[c-]c(-c2cccc(C(CCCc3[c-]cccc3)(c3cccc(-c4[c-]cccc4)n3)n3cccn3)n2)c1.[Ir+3]. The van der Waals surface area contributed by atoms with Crippen molar-refractivity contribution in [3.05, 3.63) is 162 Å². The fourth-order valence-electron chi connectivity index (χ4n) is 5.26. The Labute approximate surface area is 255 Å². The summed E-state index contributed by atoms with van der Waals surface area (Å²) in [6.07, 6.45) is 6.38. The van der Waals surface area contributed by atoms with Crippen molar-refractivity contribution in [2.45, 2.75) is 31.7 Å². The molecule has 6 rings (SSSR count). The molecule has 3 heterocycles. The van der Waals surface area contributed by atoms with Crippen molar-refractivity contribution in [1.29, 1.82) is 0 Å². The second-order valence-electron chi connectivity index (χ2n) is 9.92. The Balaban J connectivity index is 0.00000337. The van der Waals surface area contributed by atoms with E-state index in [1.165, 1.54) is 11.1 Å². The molecule has 5 heteroatoms. The summed E-state index contributed by atoms with van der Waals surface area (Å²) in [5.41, 5.74) is 7.08. The molecular formula is C36H29IrN4. The summed E-state index contributed by atoms with van der Waals surface area (Å²) < 4.78 is 2.02. The van der Waals surface area contributed by atoms with Crippen LogP contribution in [0.5, 0.6) is 0 Å². The van der Waals surface area contributed by atoms with Crippen LogP contribution in [0.2, 0.25) is 0 Å². The Kier molecular flexibility index (Phi) is 8.98. The molecule has 3 aromatic heterocycles. The largest absolute Gasteiger partial charge is 3.00 e. The molecule has 41 heavy (non-hydrogen) atoms. The zero-order valence-corrected chi connectivity index (χ0v) is 25.2. The van der Waals surface area contributed by atoms with E-state index >= 15 is 0 Å². The average molecular weight is 710 g/mol. The number of hydrogen-bond acceptors (Lipinski definition) is 3. The first-order valence-corrected chi connectivity index (χ1v) is 13.6. The van der Waals surface area contributed by atoms with Crippen molar-refractivity contribution >= 4 is 0 Å². The predicted octanol–water partition coefficient (Wildman–Crippen LogP) is 7.53. The van der Waals surface area contributed by atoms with E-state index in [0.29, 0.717) is 0 Å². The Bertz CT molecular complexity index is 1680. The molecule has 0 saturated heterocycles. The van der Waals surface area contributed by atoms with Crippen LogP contribution in [0.3, 0.4) is 0 Å². The van der Waals surface area contributed by atoms with Gasteiger partial charge < -0.3 is 0 Å². The monoisotopic (exact) mass is 710 g/mol. The molecule has 0 fully saturated rings. The minimum absolute atomic E-state index is 0. The van der Waals surface area contributed by atoms with E-state index in [-0.39, 0.29) is 20.1 Å². The van der Waals surface area contributed by atoms with E-state index in [0.717, 1.165) is 53.2 Å². The molecular weight excluding hydrogens is 681 g/mol. The summed E-state index contributed by atoms with van der Waals surface area (Å²) in [5, 5.41) is 4.80. The quantitative estimate of drug-likeness (QED) is 0.146. The van der Waals surface area contributed by atoms with Gasteiger partial charge in [-0.2, -0.15) is 41.0 Å². The minimum Gasteiger partial charge on any atom is -0.298 e. The van der Waals surface area contributed by atoms with Crippen LogP contribution in [-0.4, -0.2) is 19.7 Å². The van der Waals surface area contributed by atoms with Gasteiger partial charge in [-0.15, -0.1) is 71.3 Å². The molecule has 4 nitrogen and oxygen atoms in total. The summed E-state index contributed by atoms with van der Waals surface area (Å²) in [4.78, 5) is 10.5. The van der Waals surface area contributed by atoms with Crippen LogP contribution in [0.25, 0.3) is 22.5 Å². The Morgan fingerprint density at radius 3 is 2.05 bits per heavy atom. The van der Waals surface area contributed by atoms with Gasteiger partial charge in [0.1, 0.15) is 5.54 Å². The van der Waals surface area contributed by atoms with Crippen molar-refractivity contribution in [3.63, 3.8) is 0 Å². The molecule has 1 atom stereocenters. The molecule has 0 aliphatic carbocycles. The number of aryl methyl sites for hydroxylation is 2. The van der Waals surface area contributed by atoms with Crippen LogP contribution < -0.4 is 0 Å². The van der Waals surface area contributed by atoms with Gasteiger partial charge in [0.05, 0.1) is 11.4 Å². The average Bonchev–Trinajstić information content (AvgIpc) is 3.56. The summed E-state index contributed by atoms with van der Waals surface area (Å²) in [5.74, 6) is 0. The van der Waals surface area contributed by atoms with Crippen molar-refractivity contribution in [2.24, 2.45) is 0 Å². The third kappa shape index (κ3) is 6.12. The molecule has 202 valence electrons. The van der Waals surface area contributed by atoms with Crippen LogP contribution in [0, 0.1) is 25.1 Å². The Morgan fingerprint density at radius 2 is 1.41 bits per heavy atom. The van der Waals surface area contributed by atoms with E-state index in [1.54, 1.807) is 0 Å². The van der Waals surface area contributed by atoms with E-state index in [4.69, 9.17) is 15.1 Å². The summed E-state index contributed by atoms with van der Waals surface area (Å²) in [7, 11) is 0. The van der Waals surface area contributed by atoms with Gasteiger partial charge in [0.2, 0.25) is 0 Å². The maximum atomic E-state index is 5.27. The number of nitrogens with zero attached hydrogens (tertiary/aromatic N) is 4. The van der Waals surface area contributed by atoms with Crippen LogP contribution >= 0.6 is 0 Å². The van der Waals surface area contributed by atoms with Crippen molar-refractivity contribution < 1.29 is 20.1 Å². The molecule has 0 saturated carbocycles. The van der Waals surface area contributed by atoms with Crippen molar-refractivity contribution in [1.82, 2.24) is 19.7 Å². The zero-order chi connectivity index (χ0) is 27.2. The van der Waals surface area contributed by atoms with Gasteiger partial charge in [-0.1, -0.05) is 37.6 Å². The summed E-state index contributed by atoms with van der Waals surface area (Å²) in [6.45, 7) is 2.09. The van der Waals surface area contributed by atoms with Gasteiger partial charge >= 0.3 is 20.1 Å². The molecule has 0 spiro atoms. The summed E-state index contributed by atoms with van der Waals surface area (Å²) >= 11 is 0. The molecule has 0 aliphatic rings. The molecule has 0 radical (unpaired) electrons. The van der Waals surface area contributed by atoms with E-state index in [2.05, 4.69) is 73.7 Å². The molecule has 0 N–H and O–H groups in total. The standard InChI is InChI=1S/C36H29N4.Ir/c1-28-13-8-19-31(27-28)33-21-10-23-35(39-33)36(40-26-12-25-37-40,24-11-16-29-14-4-2-5-15-29)34-22-9-20-32(38-34)30-17-6-3-7-18-30;/h2-10,12-14,17,20-23,25-27H,11,16,24H2,1H3;/q-3;+3. The molecule has 0 amide bonds. The van der Waals surface area contributed by atoms with Crippen molar-refractivity contribution in [3.8, 4) is 22.5 Å². The van der Waals surface area contributed by atoms with E-state index < -0.39 is 5.54 Å². The second kappa shape index (κ2) is 13.0. The topological polar surface area (TPSA) is 43.6 Å². The first-order chi connectivity index (χ1) is 19.7. The number of rotatable bonds is 9. The normalized spacial score (nSPS) is 12.3. The Morgan fingerprint density at radius 1 is 0.707 bits per heavy atom. The van der Waals surface area contributed by atoms with Gasteiger partial charge in [0, 0.05) is 12.4 Å². The van der Waals surface area contributed by atoms with Crippen molar-refractivity contribution in [2.75, 3.05) is 0 Å². The van der Waals surface area contributed by atoms with Gasteiger partial charge in [-0.25, -0.2) is 0 Å². The van der Waals surface area contributed by atoms with Gasteiger partial charge in [-0.05, 0) is 42.4 Å². The fourth-order valence-corrected chi connectivity index (χ4v) is 5.26. The third-order valence-electron chi connectivity index (χ3n) is 7.22. The predicted molar refractivity (Wildman–Crippen MR) is 158 cm³/mol. The fraction of sp³-hybridized carbons (Fsp3) is 0.139. The Hall–Kier alpha value is -4.18. The number of benzene rings is 3. The van der Waals surface area contributed by atoms with Crippen LogP contribution in [0.1, 0.15) is 35.4 Å². The van der Waals surface area contributed by atoms with E-state index in [1.807, 2.05) is 77.7 Å². The van der Waals surface area contributed by atoms with Gasteiger partial charge in [0.25, 0.3) is 0 Å². The van der Waals surface area contributed by atoms with Crippen LogP contribution in [0.15, 0.2) is 122 Å². The maximum Gasteiger partial charge on any atom is 3.00 e. The molecule has 0 aliphatic heterocycles. The second-order valence-corrected chi connectivity index (χ2v) is 9.92. The number of pyridine rings is 2. The first kappa shape index (κ1) is 28.4. The van der Waals surface area contributed by atoms with Crippen LogP contribution in [0.4, 0.5) is 0 Å².